The second-order valence-electron chi connectivity index (χ2n) is 6.14. The predicted octanol–water partition coefficient (Wildman–Crippen LogP) is 2.37. The van der Waals surface area contributed by atoms with Gasteiger partial charge in [0.05, 0.1) is 11.5 Å². The molecule has 0 aromatic rings. The first kappa shape index (κ1) is 14.3. The first-order chi connectivity index (χ1) is 8.61. The molecular weight excluding hydrogens is 246 g/mol. The number of rotatable bonds is 5. The van der Waals surface area contributed by atoms with Crippen molar-refractivity contribution in [1.29, 1.82) is 0 Å². The lowest BCUT2D eigenvalue weighted by Gasteiger charge is -2.26. The van der Waals surface area contributed by atoms with Crippen LogP contribution in [-0.4, -0.2) is 33.0 Å². The summed E-state index contributed by atoms with van der Waals surface area (Å²) in [6.45, 7) is 0. The highest BCUT2D eigenvalue weighted by atomic mass is 32.2. The number of hydrogen-bond acceptors (Lipinski definition) is 3. The normalized spacial score (nSPS) is 30.4. The zero-order valence-corrected chi connectivity index (χ0v) is 12.3. The predicted molar refractivity (Wildman–Crippen MR) is 75.4 cm³/mol. The highest BCUT2D eigenvalue weighted by molar-refractivity contribution is 7.91. The largest absolute Gasteiger partial charge is 0.317 e. The van der Waals surface area contributed by atoms with Crippen LogP contribution in [0.25, 0.3) is 0 Å². The third-order valence-electron chi connectivity index (χ3n) is 4.82. The summed E-state index contributed by atoms with van der Waals surface area (Å²) in [7, 11) is -0.751. The van der Waals surface area contributed by atoms with Gasteiger partial charge in [-0.1, -0.05) is 32.1 Å². The van der Waals surface area contributed by atoms with Gasteiger partial charge in [-0.05, 0) is 38.1 Å². The average molecular weight is 273 g/mol. The molecule has 2 atom stereocenters. The molecule has 2 rings (SSSR count). The fourth-order valence-electron chi connectivity index (χ4n) is 3.65. The van der Waals surface area contributed by atoms with E-state index in [0.29, 0.717) is 23.5 Å². The number of nitrogens with one attached hydrogen (secondary N) is 1. The first-order valence-corrected chi connectivity index (χ1v) is 9.30. The molecule has 0 bridgehead atoms. The molecular formula is C14H27NO2S. The van der Waals surface area contributed by atoms with E-state index in [1.54, 1.807) is 0 Å². The molecule has 1 aliphatic heterocycles. The van der Waals surface area contributed by atoms with Crippen molar-refractivity contribution in [2.45, 2.75) is 57.4 Å². The Kier molecular flexibility index (Phi) is 5.07. The van der Waals surface area contributed by atoms with E-state index in [4.69, 9.17) is 0 Å². The Balaban J connectivity index is 1.78. The molecule has 4 heteroatoms. The second kappa shape index (κ2) is 6.38. The molecule has 1 saturated heterocycles. The van der Waals surface area contributed by atoms with Gasteiger partial charge >= 0.3 is 0 Å². The van der Waals surface area contributed by atoms with Crippen LogP contribution < -0.4 is 5.32 Å². The van der Waals surface area contributed by atoms with Crippen molar-refractivity contribution in [2.75, 3.05) is 18.6 Å². The van der Waals surface area contributed by atoms with Crippen LogP contribution in [0.1, 0.15) is 51.4 Å². The van der Waals surface area contributed by atoms with Crippen molar-refractivity contribution >= 4 is 9.84 Å². The van der Waals surface area contributed by atoms with E-state index < -0.39 is 9.84 Å². The van der Waals surface area contributed by atoms with E-state index in [1.807, 2.05) is 7.05 Å². The van der Waals surface area contributed by atoms with Gasteiger partial charge in [-0.15, -0.1) is 0 Å². The van der Waals surface area contributed by atoms with Crippen molar-refractivity contribution in [1.82, 2.24) is 5.32 Å². The van der Waals surface area contributed by atoms with Crippen LogP contribution in [-0.2, 0) is 9.84 Å². The minimum atomic E-state index is -2.73. The zero-order chi connectivity index (χ0) is 13.0. The molecule has 3 nitrogen and oxygen atoms in total. The molecule has 2 fully saturated rings. The molecule has 0 spiro atoms. The highest BCUT2D eigenvalue weighted by Gasteiger charge is 2.33. The molecule has 106 valence electrons. The van der Waals surface area contributed by atoms with Crippen LogP contribution >= 0.6 is 0 Å². The number of sulfone groups is 1. The van der Waals surface area contributed by atoms with Gasteiger partial charge in [-0.3, -0.25) is 0 Å². The summed E-state index contributed by atoms with van der Waals surface area (Å²) >= 11 is 0. The summed E-state index contributed by atoms with van der Waals surface area (Å²) < 4.78 is 23.1. The molecule has 18 heavy (non-hydrogen) atoms. The fourth-order valence-corrected chi connectivity index (χ4v) is 5.53. The smallest absolute Gasteiger partial charge is 0.150 e. The van der Waals surface area contributed by atoms with Crippen molar-refractivity contribution in [3.63, 3.8) is 0 Å². The zero-order valence-electron chi connectivity index (χ0n) is 11.5. The van der Waals surface area contributed by atoms with Crippen LogP contribution in [0.4, 0.5) is 0 Å². The van der Waals surface area contributed by atoms with Crippen LogP contribution in [0.15, 0.2) is 0 Å². The minimum absolute atomic E-state index is 0.351. The van der Waals surface area contributed by atoms with Crippen LogP contribution in [0.2, 0.25) is 0 Å². The second-order valence-corrected chi connectivity index (χ2v) is 8.37. The Morgan fingerprint density at radius 3 is 2.44 bits per heavy atom. The van der Waals surface area contributed by atoms with Crippen LogP contribution in [0, 0.1) is 11.8 Å². The topological polar surface area (TPSA) is 46.2 Å². The SMILES string of the molecule is CNC(CCC1CCCCC1)C1CCS(=O)(=O)C1. The molecule has 0 aromatic carbocycles. The third-order valence-corrected chi connectivity index (χ3v) is 6.61. The third kappa shape index (κ3) is 3.95. The van der Waals surface area contributed by atoms with E-state index in [1.165, 1.54) is 38.5 Å². The maximum atomic E-state index is 11.5. The standard InChI is InChI=1S/C14H27NO2S/c1-15-14(13-9-10-18(16,17)11-13)8-7-12-5-3-2-4-6-12/h12-15H,2-11H2,1H3. The monoisotopic (exact) mass is 273 g/mol. The maximum absolute atomic E-state index is 11.5. The molecule has 1 aliphatic carbocycles. The highest BCUT2D eigenvalue weighted by Crippen LogP contribution is 2.30. The summed E-state index contributed by atoms with van der Waals surface area (Å²) in [5.74, 6) is 2.05. The van der Waals surface area contributed by atoms with Gasteiger partial charge in [0.15, 0.2) is 9.84 Å². The van der Waals surface area contributed by atoms with E-state index in [0.717, 1.165) is 18.8 Å². The fraction of sp³-hybridized carbons (Fsp3) is 1.00. The molecule has 2 unspecified atom stereocenters. The molecule has 2 aliphatic rings. The first-order valence-electron chi connectivity index (χ1n) is 7.48. The lowest BCUT2D eigenvalue weighted by molar-refractivity contribution is 0.292. The molecule has 1 saturated carbocycles. The Hall–Kier alpha value is -0.0900. The van der Waals surface area contributed by atoms with Crippen molar-refractivity contribution < 1.29 is 8.42 Å². The molecule has 0 amide bonds. The van der Waals surface area contributed by atoms with Crippen molar-refractivity contribution in [2.24, 2.45) is 11.8 Å². The lowest BCUT2D eigenvalue weighted by atomic mass is 9.83. The average Bonchev–Trinajstić information content (AvgIpc) is 2.72. The number of hydrogen-bond donors (Lipinski definition) is 1. The van der Waals surface area contributed by atoms with Gasteiger partial charge in [-0.2, -0.15) is 0 Å². The summed E-state index contributed by atoms with van der Waals surface area (Å²) in [5, 5.41) is 3.36. The van der Waals surface area contributed by atoms with Gasteiger partial charge in [0, 0.05) is 6.04 Å². The Morgan fingerprint density at radius 1 is 1.17 bits per heavy atom. The molecule has 0 aromatic heterocycles. The van der Waals surface area contributed by atoms with E-state index in [9.17, 15) is 8.42 Å². The van der Waals surface area contributed by atoms with E-state index in [2.05, 4.69) is 5.32 Å². The van der Waals surface area contributed by atoms with Gasteiger partial charge in [0.25, 0.3) is 0 Å². The van der Waals surface area contributed by atoms with Crippen LogP contribution in [0.3, 0.4) is 0 Å². The Labute approximate surface area is 112 Å². The molecule has 0 radical (unpaired) electrons. The van der Waals surface area contributed by atoms with Crippen molar-refractivity contribution in [3.05, 3.63) is 0 Å². The van der Waals surface area contributed by atoms with E-state index >= 15 is 0 Å². The van der Waals surface area contributed by atoms with Gasteiger partial charge in [0.2, 0.25) is 0 Å². The minimum Gasteiger partial charge on any atom is -0.317 e. The van der Waals surface area contributed by atoms with Crippen LogP contribution in [0.5, 0.6) is 0 Å². The maximum Gasteiger partial charge on any atom is 0.150 e. The van der Waals surface area contributed by atoms with Gasteiger partial charge in [-0.25, -0.2) is 8.42 Å². The summed E-state index contributed by atoms with van der Waals surface area (Å²) in [6, 6.07) is 0.407. The molecule has 1 heterocycles. The Bertz CT molecular complexity index is 347. The summed E-state index contributed by atoms with van der Waals surface area (Å²) in [5.41, 5.74) is 0. The van der Waals surface area contributed by atoms with E-state index in [-0.39, 0.29) is 0 Å². The van der Waals surface area contributed by atoms with Crippen molar-refractivity contribution in [3.8, 4) is 0 Å². The summed E-state index contributed by atoms with van der Waals surface area (Å²) in [6.07, 6.45) is 10.3. The lowest BCUT2D eigenvalue weighted by Crippen LogP contribution is -2.34. The Morgan fingerprint density at radius 2 is 1.89 bits per heavy atom. The van der Waals surface area contributed by atoms with Gasteiger partial charge < -0.3 is 5.32 Å². The summed E-state index contributed by atoms with van der Waals surface area (Å²) in [4.78, 5) is 0. The molecule has 1 N–H and O–H groups in total. The quantitative estimate of drug-likeness (QED) is 0.836. The van der Waals surface area contributed by atoms with Gasteiger partial charge in [0.1, 0.15) is 0 Å².